The van der Waals surface area contributed by atoms with Gasteiger partial charge in [-0.05, 0) is 66.6 Å². The van der Waals surface area contributed by atoms with E-state index in [9.17, 15) is 0 Å². The highest BCUT2D eigenvalue weighted by atomic mass is 16.3. The fourth-order valence-corrected chi connectivity index (χ4v) is 5.12. The van der Waals surface area contributed by atoms with Gasteiger partial charge in [0.25, 0.3) is 0 Å². The monoisotopic (exact) mass is 505 g/mol. The number of benzene rings is 3. The van der Waals surface area contributed by atoms with E-state index in [1.54, 1.807) is 0 Å². The highest BCUT2D eigenvalue weighted by Gasteiger charge is 2.20. The van der Waals surface area contributed by atoms with Gasteiger partial charge in [0.05, 0.1) is 23.3 Å². The molecule has 198 valence electrons. The summed E-state index contributed by atoms with van der Waals surface area (Å²) in [4.78, 5) is 0. The standard InChI is InChI=1S/C37H45O/c1-3-5-7-9-12-16-30-20-24-33(25-21-30)36-28-35(32-18-14-11-15-19-32)29-37(38-36)34-26-22-31(23-27-34)17-13-10-8-6-4-2/h11,14-15,18-29H,3-10,12-13,16-17H2,1-2H3/q+1. The maximum atomic E-state index is 6.54. The third-order valence-corrected chi connectivity index (χ3v) is 7.52. The second-order valence-corrected chi connectivity index (χ2v) is 10.7. The van der Waals surface area contributed by atoms with Gasteiger partial charge < -0.3 is 0 Å². The van der Waals surface area contributed by atoms with Gasteiger partial charge in [-0.1, -0.05) is 120 Å². The number of aryl methyl sites for hydroxylation is 2. The lowest BCUT2D eigenvalue weighted by molar-refractivity contribution is 0.582. The van der Waals surface area contributed by atoms with Crippen LogP contribution in [0.5, 0.6) is 0 Å². The molecule has 1 nitrogen and oxygen atoms in total. The molecule has 0 spiro atoms. The molecule has 0 unspecified atom stereocenters. The maximum absolute atomic E-state index is 6.54. The van der Waals surface area contributed by atoms with E-state index in [4.69, 9.17) is 4.42 Å². The topological polar surface area (TPSA) is 11.3 Å². The van der Waals surface area contributed by atoms with Crippen molar-refractivity contribution in [2.24, 2.45) is 0 Å². The molecule has 0 saturated carbocycles. The van der Waals surface area contributed by atoms with Gasteiger partial charge in [0.1, 0.15) is 0 Å². The Balaban J connectivity index is 1.53. The summed E-state index contributed by atoms with van der Waals surface area (Å²) in [7, 11) is 0. The minimum atomic E-state index is 0.913. The van der Waals surface area contributed by atoms with E-state index in [0.717, 1.165) is 35.5 Å². The number of unbranched alkanes of at least 4 members (excludes halogenated alkanes) is 8. The molecule has 0 amide bonds. The fraction of sp³-hybridized carbons (Fsp3) is 0.378. The summed E-state index contributed by atoms with van der Waals surface area (Å²) < 4.78 is 6.54. The van der Waals surface area contributed by atoms with Crippen LogP contribution < -0.4 is 0 Å². The Hall–Kier alpha value is -3.19. The fourth-order valence-electron chi connectivity index (χ4n) is 5.12. The van der Waals surface area contributed by atoms with Crippen LogP contribution in [0.1, 0.15) is 89.2 Å². The Morgan fingerprint density at radius 1 is 0.421 bits per heavy atom. The van der Waals surface area contributed by atoms with Crippen molar-refractivity contribution in [3.05, 3.63) is 102 Å². The van der Waals surface area contributed by atoms with Crippen LogP contribution in [-0.2, 0) is 12.8 Å². The van der Waals surface area contributed by atoms with Crippen molar-refractivity contribution in [2.75, 3.05) is 0 Å². The van der Waals surface area contributed by atoms with E-state index in [2.05, 4.69) is 105 Å². The second kappa shape index (κ2) is 15.3. The number of hydrogen-bond donors (Lipinski definition) is 0. The first-order valence-corrected chi connectivity index (χ1v) is 15.0. The lowest BCUT2D eigenvalue weighted by Gasteiger charge is -2.05. The summed E-state index contributed by atoms with van der Waals surface area (Å²) in [6, 6.07) is 33.0. The molecule has 4 rings (SSSR count). The lowest BCUT2D eigenvalue weighted by atomic mass is 9.99. The summed E-state index contributed by atoms with van der Waals surface area (Å²) in [5.74, 6) is 1.83. The summed E-state index contributed by atoms with van der Waals surface area (Å²) in [5, 5.41) is 0. The van der Waals surface area contributed by atoms with Gasteiger partial charge in [0, 0.05) is 5.56 Å². The Kier molecular flexibility index (Phi) is 11.2. The van der Waals surface area contributed by atoms with Gasteiger partial charge in [0.15, 0.2) is 0 Å². The molecular formula is C37H45O+. The molecule has 3 aromatic carbocycles. The summed E-state index contributed by atoms with van der Waals surface area (Å²) >= 11 is 0. The number of rotatable bonds is 15. The molecule has 1 heterocycles. The van der Waals surface area contributed by atoms with Crippen molar-refractivity contribution in [2.45, 2.75) is 90.9 Å². The van der Waals surface area contributed by atoms with E-state index in [1.165, 1.54) is 86.5 Å². The van der Waals surface area contributed by atoms with Gasteiger partial charge in [-0.2, -0.15) is 0 Å². The van der Waals surface area contributed by atoms with Gasteiger partial charge in [-0.15, -0.1) is 0 Å². The van der Waals surface area contributed by atoms with Gasteiger partial charge >= 0.3 is 11.5 Å². The normalized spacial score (nSPS) is 11.1. The van der Waals surface area contributed by atoms with Crippen LogP contribution in [0.3, 0.4) is 0 Å². The van der Waals surface area contributed by atoms with Crippen molar-refractivity contribution in [1.82, 2.24) is 0 Å². The molecular weight excluding hydrogens is 460 g/mol. The molecule has 0 atom stereocenters. The smallest absolute Gasteiger partial charge is 0.207 e. The quantitative estimate of drug-likeness (QED) is 0.115. The average molecular weight is 506 g/mol. The summed E-state index contributed by atoms with van der Waals surface area (Å²) in [6.45, 7) is 4.54. The van der Waals surface area contributed by atoms with Gasteiger partial charge in [-0.3, -0.25) is 0 Å². The molecule has 0 aliphatic carbocycles. The largest absolute Gasteiger partial charge is 0.361 e. The first kappa shape index (κ1) is 27.8. The van der Waals surface area contributed by atoms with Crippen LogP contribution in [-0.4, -0.2) is 0 Å². The number of hydrogen-bond acceptors (Lipinski definition) is 0. The van der Waals surface area contributed by atoms with E-state index >= 15 is 0 Å². The van der Waals surface area contributed by atoms with Crippen LogP contribution in [0.25, 0.3) is 33.8 Å². The predicted octanol–water partition coefficient (Wildman–Crippen LogP) is 11.6. The molecule has 0 N–H and O–H groups in total. The Labute approximate surface area is 231 Å². The minimum absolute atomic E-state index is 0.913. The molecule has 0 radical (unpaired) electrons. The molecule has 0 aliphatic heterocycles. The van der Waals surface area contributed by atoms with Crippen molar-refractivity contribution < 1.29 is 4.42 Å². The molecule has 1 aromatic heterocycles. The van der Waals surface area contributed by atoms with E-state index in [1.807, 2.05) is 0 Å². The molecule has 4 aromatic rings. The SMILES string of the molecule is CCCCCCCc1ccc(-c2cc(-c3ccccc3)cc(-c3ccc(CCCCCCC)cc3)[o+]2)cc1. The molecule has 0 fully saturated rings. The summed E-state index contributed by atoms with van der Waals surface area (Å²) in [6.07, 6.45) is 15.5. The third-order valence-electron chi connectivity index (χ3n) is 7.52. The second-order valence-electron chi connectivity index (χ2n) is 10.7. The first-order valence-electron chi connectivity index (χ1n) is 15.0. The van der Waals surface area contributed by atoms with Gasteiger partial charge in [0.2, 0.25) is 0 Å². The zero-order valence-corrected chi connectivity index (χ0v) is 23.6. The molecule has 0 bridgehead atoms. The Bertz CT molecular complexity index is 1130. The first-order chi connectivity index (χ1) is 18.8. The van der Waals surface area contributed by atoms with Crippen LogP contribution in [0.2, 0.25) is 0 Å². The third kappa shape index (κ3) is 8.42. The Morgan fingerprint density at radius 2 is 0.868 bits per heavy atom. The van der Waals surface area contributed by atoms with Crippen molar-refractivity contribution in [3.63, 3.8) is 0 Å². The molecule has 1 heteroatoms. The molecule has 0 aliphatic rings. The van der Waals surface area contributed by atoms with Gasteiger partial charge in [-0.25, -0.2) is 4.42 Å². The van der Waals surface area contributed by atoms with Crippen LogP contribution in [0, 0.1) is 0 Å². The lowest BCUT2D eigenvalue weighted by Crippen LogP contribution is -1.89. The highest BCUT2D eigenvalue weighted by molar-refractivity contribution is 5.74. The predicted molar refractivity (Wildman–Crippen MR) is 164 cm³/mol. The van der Waals surface area contributed by atoms with Crippen molar-refractivity contribution in [1.29, 1.82) is 0 Å². The van der Waals surface area contributed by atoms with E-state index in [0.29, 0.717) is 0 Å². The van der Waals surface area contributed by atoms with Crippen molar-refractivity contribution >= 4 is 0 Å². The van der Waals surface area contributed by atoms with Crippen LogP contribution in [0.15, 0.2) is 95.4 Å². The Morgan fingerprint density at radius 3 is 1.32 bits per heavy atom. The van der Waals surface area contributed by atoms with Crippen LogP contribution >= 0.6 is 0 Å². The van der Waals surface area contributed by atoms with E-state index in [-0.39, 0.29) is 0 Å². The van der Waals surface area contributed by atoms with Crippen LogP contribution in [0.4, 0.5) is 0 Å². The molecule has 38 heavy (non-hydrogen) atoms. The summed E-state index contributed by atoms with van der Waals surface area (Å²) in [5.41, 5.74) is 7.47. The van der Waals surface area contributed by atoms with Crippen molar-refractivity contribution in [3.8, 4) is 33.8 Å². The maximum Gasteiger partial charge on any atom is 0.361 e. The molecule has 0 saturated heterocycles. The average Bonchev–Trinajstić information content (AvgIpc) is 2.98. The van der Waals surface area contributed by atoms with E-state index < -0.39 is 0 Å². The zero-order chi connectivity index (χ0) is 26.4. The highest BCUT2D eigenvalue weighted by Crippen LogP contribution is 2.33. The minimum Gasteiger partial charge on any atom is -0.207 e. The zero-order valence-electron chi connectivity index (χ0n) is 23.6.